The van der Waals surface area contributed by atoms with Crippen LogP contribution in [-0.2, 0) is 6.18 Å². The maximum absolute atomic E-state index is 12.7. The number of alkyl halides is 3. The van der Waals surface area contributed by atoms with Gasteiger partial charge in [0.25, 0.3) is 0 Å². The van der Waals surface area contributed by atoms with Crippen LogP contribution in [-0.4, -0.2) is 21.0 Å². The van der Waals surface area contributed by atoms with Crippen molar-refractivity contribution in [1.29, 1.82) is 0 Å². The van der Waals surface area contributed by atoms with Crippen molar-refractivity contribution in [1.82, 2.24) is 15.0 Å². The van der Waals surface area contributed by atoms with Crippen molar-refractivity contribution in [3.8, 4) is 11.4 Å². The Morgan fingerprint density at radius 1 is 0.926 bits per heavy atom. The number of hydrogen-bond acceptors (Lipinski definition) is 5. The molecule has 5 nitrogen and oxygen atoms in total. The number of nitrogens with one attached hydrogen (secondary N) is 2. The summed E-state index contributed by atoms with van der Waals surface area (Å²) in [6.45, 7) is 3.92. The Labute approximate surface area is 154 Å². The zero-order chi connectivity index (χ0) is 19.4. The minimum absolute atomic E-state index is 0.114. The molecule has 0 aliphatic carbocycles. The molecule has 0 saturated carbocycles. The highest BCUT2D eigenvalue weighted by molar-refractivity contribution is 5.65. The number of anilines is 3. The van der Waals surface area contributed by atoms with E-state index in [9.17, 15) is 13.2 Å². The van der Waals surface area contributed by atoms with Gasteiger partial charge >= 0.3 is 6.18 Å². The Morgan fingerprint density at radius 2 is 1.67 bits per heavy atom. The van der Waals surface area contributed by atoms with Gasteiger partial charge in [-0.05, 0) is 50.2 Å². The first-order chi connectivity index (χ1) is 12.8. The Kier molecular flexibility index (Phi) is 5.25. The smallest absolute Gasteiger partial charge is 0.352 e. The summed E-state index contributed by atoms with van der Waals surface area (Å²) in [5.41, 5.74) is 1.06. The van der Waals surface area contributed by atoms with E-state index < -0.39 is 11.7 Å². The Morgan fingerprint density at radius 3 is 2.26 bits per heavy atom. The largest absolute Gasteiger partial charge is 0.416 e. The van der Waals surface area contributed by atoms with Crippen LogP contribution in [0.2, 0.25) is 0 Å². The van der Waals surface area contributed by atoms with E-state index in [0.29, 0.717) is 28.8 Å². The molecule has 0 atom stereocenters. The molecule has 0 spiro atoms. The number of benzene rings is 1. The predicted octanol–water partition coefficient (Wildman–Crippen LogP) is 5.12. The van der Waals surface area contributed by atoms with Crippen LogP contribution in [0.1, 0.15) is 19.4 Å². The molecule has 3 rings (SSSR count). The lowest BCUT2D eigenvalue weighted by Crippen LogP contribution is -2.13. The standard InChI is InChI=1S/C19H18F3N5/c1-12(2)24-18-26-16(15-5-3-4-10-23-15)11-17(27-18)25-14-8-6-13(7-9-14)19(20,21)22/h3-12H,1-2H3,(H2,24,25,26,27). The van der Waals surface area contributed by atoms with Crippen molar-refractivity contribution in [2.75, 3.05) is 10.6 Å². The van der Waals surface area contributed by atoms with Gasteiger partial charge < -0.3 is 10.6 Å². The number of pyridine rings is 1. The van der Waals surface area contributed by atoms with Gasteiger partial charge in [-0.1, -0.05) is 6.07 Å². The van der Waals surface area contributed by atoms with Crippen molar-refractivity contribution in [3.63, 3.8) is 0 Å². The third-order valence-electron chi connectivity index (χ3n) is 3.56. The molecule has 0 fully saturated rings. The molecule has 1 aromatic carbocycles. The van der Waals surface area contributed by atoms with Crippen LogP contribution in [0.5, 0.6) is 0 Å². The number of hydrogen-bond donors (Lipinski definition) is 2. The molecule has 0 aliphatic heterocycles. The topological polar surface area (TPSA) is 62.7 Å². The van der Waals surface area contributed by atoms with Crippen LogP contribution in [0.15, 0.2) is 54.7 Å². The first kappa shape index (κ1) is 18.6. The summed E-state index contributed by atoms with van der Waals surface area (Å²) in [5, 5.41) is 6.15. The lowest BCUT2D eigenvalue weighted by molar-refractivity contribution is -0.137. The van der Waals surface area contributed by atoms with E-state index in [-0.39, 0.29) is 6.04 Å². The van der Waals surface area contributed by atoms with Gasteiger partial charge in [-0.25, -0.2) is 4.98 Å². The molecule has 2 heterocycles. The molecule has 27 heavy (non-hydrogen) atoms. The molecule has 0 saturated heterocycles. The number of halogens is 3. The molecule has 0 aliphatic rings. The third-order valence-corrected chi connectivity index (χ3v) is 3.56. The second-order valence-corrected chi connectivity index (χ2v) is 6.18. The molecular formula is C19H18F3N5. The SMILES string of the molecule is CC(C)Nc1nc(Nc2ccc(C(F)(F)F)cc2)cc(-c2ccccn2)n1. The summed E-state index contributed by atoms with van der Waals surface area (Å²) in [4.78, 5) is 13.1. The Hall–Kier alpha value is -3.16. The van der Waals surface area contributed by atoms with Gasteiger partial charge in [0.15, 0.2) is 0 Å². The van der Waals surface area contributed by atoms with Crippen molar-refractivity contribution in [2.45, 2.75) is 26.1 Å². The van der Waals surface area contributed by atoms with Gasteiger partial charge in [0.1, 0.15) is 5.82 Å². The van der Waals surface area contributed by atoms with Crippen molar-refractivity contribution >= 4 is 17.5 Å². The van der Waals surface area contributed by atoms with Gasteiger partial charge in [-0.15, -0.1) is 0 Å². The molecule has 8 heteroatoms. The average Bonchev–Trinajstić information content (AvgIpc) is 2.61. The quantitative estimate of drug-likeness (QED) is 0.650. The molecule has 0 unspecified atom stereocenters. The fourth-order valence-electron chi connectivity index (χ4n) is 2.37. The van der Waals surface area contributed by atoms with Gasteiger partial charge in [0, 0.05) is 24.0 Å². The van der Waals surface area contributed by atoms with Crippen LogP contribution >= 0.6 is 0 Å². The van der Waals surface area contributed by atoms with Crippen molar-refractivity contribution in [2.24, 2.45) is 0 Å². The van der Waals surface area contributed by atoms with Crippen LogP contribution < -0.4 is 10.6 Å². The summed E-state index contributed by atoms with van der Waals surface area (Å²) in [5.74, 6) is 0.858. The van der Waals surface area contributed by atoms with E-state index in [2.05, 4.69) is 25.6 Å². The highest BCUT2D eigenvalue weighted by atomic mass is 19.4. The molecule has 3 aromatic rings. The fourth-order valence-corrected chi connectivity index (χ4v) is 2.37. The van der Waals surface area contributed by atoms with Crippen molar-refractivity contribution < 1.29 is 13.2 Å². The van der Waals surface area contributed by atoms with Gasteiger partial charge in [0.2, 0.25) is 5.95 Å². The van der Waals surface area contributed by atoms with Gasteiger partial charge in [0.05, 0.1) is 17.0 Å². The zero-order valence-electron chi connectivity index (χ0n) is 14.7. The molecule has 2 N–H and O–H groups in total. The Bertz CT molecular complexity index is 893. The monoisotopic (exact) mass is 373 g/mol. The van der Waals surface area contributed by atoms with Crippen LogP contribution in [0.3, 0.4) is 0 Å². The molecule has 0 bridgehead atoms. The van der Waals surface area contributed by atoms with Gasteiger partial charge in [-0.2, -0.15) is 18.2 Å². The second-order valence-electron chi connectivity index (χ2n) is 6.18. The summed E-state index contributed by atoms with van der Waals surface area (Å²) in [6.07, 6.45) is -2.70. The molecule has 0 amide bonds. The summed E-state index contributed by atoms with van der Waals surface area (Å²) < 4.78 is 38.1. The number of rotatable bonds is 5. The molecule has 0 radical (unpaired) electrons. The van der Waals surface area contributed by atoms with Gasteiger partial charge in [-0.3, -0.25) is 4.98 Å². The molecule has 2 aromatic heterocycles. The minimum atomic E-state index is -4.37. The summed E-state index contributed by atoms with van der Waals surface area (Å²) in [7, 11) is 0. The average molecular weight is 373 g/mol. The van der Waals surface area contributed by atoms with Crippen molar-refractivity contribution in [3.05, 3.63) is 60.3 Å². The van der Waals surface area contributed by atoms with E-state index in [1.807, 2.05) is 26.0 Å². The summed E-state index contributed by atoms with van der Waals surface area (Å²) >= 11 is 0. The highest BCUT2D eigenvalue weighted by Crippen LogP contribution is 2.30. The summed E-state index contributed by atoms with van der Waals surface area (Å²) in [6, 6.07) is 12.1. The molecular weight excluding hydrogens is 355 g/mol. The van der Waals surface area contributed by atoms with E-state index in [4.69, 9.17) is 0 Å². The second kappa shape index (κ2) is 7.61. The lowest BCUT2D eigenvalue weighted by atomic mass is 10.2. The number of nitrogens with zero attached hydrogens (tertiary/aromatic N) is 3. The molecule has 140 valence electrons. The Balaban J connectivity index is 1.92. The minimum Gasteiger partial charge on any atom is -0.352 e. The first-order valence-corrected chi connectivity index (χ1v) is 8.32. The predicted molar refractivity (Wildman–Crippen MR) is 98.7 cm³/mol. The zero-order valence-corrected chi connectivity index (χ0v) is 14.7. The third kappa shape index (κ3) is 4.93. The van der Waals surface area contributed by atoms with Crippen LogP contribution in [0.25, 0.3) is 11.4 Å². The lowest BCUT2D eigenvalue weighted by Gasteiger charge is -2.13. The van der Waals surface area contributed by atoms with Crippen LogP contribution in [0.4, 0.5) is 30.6 Å². The van der Waals surface area contributed by atoms with Crippen LogP contribution in [0, 0.1) is 0 Å². The van der Waals surface area contributed by atoms with E-state index >= 15 is 0 Å². The number of aromatic nitrogens is 3. The fraction of sp³-hybridized carbons (Fsp3) is 0.211. The maximum atomic E-state index is 12.7. The van der Waals surface area contributed by atoms with E-state index in [0.717, 1.165) is 12.1 Å². The van der Waals surface area contributed by atoms with E-state index in [1.165, 1.54) is 12.1 Å². The van der Waals surface area contributed by atoms with E-state index in [1.54, 1.807) is 18.3 Å². The normalized spacial score (nSPS) is 11.5. The highest BCUT2D eigenvalue weighted by Gasteiger charge is 2.29. The first-order valence-electron chi connectivity index (χ1n) is 8.32. The maximum Gasteiger partial charge on any atom is 0.416 e.